The topological polar surface area (TPSA) is 47.6 Å². The van der Waals surface area contributed by atoms with E-state index in [0.29, 0.717) is 18.6 Å². The van der Waals surface area contributed by atoms with Crippen LogP contribution in [0.25, 0.3) is 0 Å². The first-order chi connectivity index (χ1) is 14.1. The van der Waals surface area contributed by atoms with Crippen LogP contribution < -0.4 is 14.8 Å². The van der Waals surface area contributed by atoms with Gasteiger partial charge in [-0.1, -0.05) is 28.1 Å². The normalized spacial score (nSPS) is 11.6. The van der Waals surface area contributed by atoms with Crippen LogP contribution in [0.3, 0.4) is 0 Å². The fourth-order valence-corrected chi connectivity index (χ4v) is 3.31. The monoisotopic (exact) mass is 453 g/mol. The van der Waals surface area contributed by atoms with Gasteiger partial charge in [0.25, 0.3) is 0 Å². The zero-order valence-corrected chi connectivity index (χ0v) is 18.1. The van der Waals surface area contributed by atoms with Crippen LogP contribution in [0.5, 0.6) is 11.5 Å². The first kappa shape index (κ1) is 20.9. The molecule has 0 saturated carbocycles. The highest BCUT2D eigenvalue weighted by Crippen LogP contribution is 2.27. The highest BCUT2D eigenvalue weighted by molar-refractivity contribution is 9.10. The van der Waals surface area contributed by atoms with Crippen LogP contribution in [0.2, 0.25) is 0 Å². The second-order valence-electron chi connectivity index (χ2n) is 6.56. The minimum absolute atomic E-state index is 0.0659. The third-order valence-electron chi connectivity index (χ3n) is 4.58. The Morgan fingerprint density at radius 2 is 1.55 bits per heavy atom. The molecule has 150 valence electrons. The molecule has 0 spiro atoms. The molecular formula is C24H24BrNO3. The van der Waals surface area contributed by atoms with Crippen LogP contribution in [0.4, 0.5) is 5.69 Å². The predicted octanol–water partition coefficient (Wildman–Crippen LogP) is 6.28. The Hall–Kier alpha value is -2.79. The number of methoxy groups -OCH3 is 1. The molecule has 0 aliphatic carbocycles. The predicted molar refractivity (Wildman–Crippen MR) is 120 cm³/mol. The third kappa shape index (κ3) is 5.84. The van der Waals surface area contributed by atoms with Crippen molar-refractivity contribution >= 4 is 27.4 Å². The van der Waals surface area contributed by atoms with E-state index in [0.717, 1.165) is 27.2 Å². The maximum absolute atomic E-state index is 12.9. The molecule has 0 heterocycles. The van der Waals surface area contributed by atoms with E-state index in [1.165, 1.54) is 0 Å². The number of hydrogen-bond acceptors (Lipinski definition) is 4. The van der Waals surface area contributed by atoms with Crippen molar-refractivity contribution in [3.63, 3.8) is 0 Å². The summed E-state index contributed by atoms with van der Waals surface area (Å²) < 4.78 is 11.7. The van der Waals surface area contributed by atoms with Crippen molar-refractivity contribution in [3.8, 4) is 11.5 Å². The summed E-state index contributed by atoms with van der Waals surface area (Å²) in [4.78, 5) is 12.9. The Bertz CT molecular complexity index is 922. The molecule has 0 aliphatic rings. The van der Waals surface area contributed by atoms with Crippen molar-refractivity contribution in [1.82, 2.24) is 0 Å². The zero-order valence-electron chi connectivity index (χ0n) is 16.5. The van der Waals surface area contributed by atoms with Gasteiger partial charge in [-0.2, -0.15) is 0 Å². The number of rotatable bonds is 9. The summed E-state index contributed by atoms with van der Waals surface area (Å²) in [6, 6.07) is 22.9. The summed E-state index contributed by atoms with van der Waals surface area (Å²) in [7, 11) is 1.61. The molecule has 0 amide bonds. The van der Waals surface area contributed by atoms with Gasteiger partial charge in [-0.3, -0.25) is 4.79 Å². The largest absolute Gasteiger partial charge is 0.497 e. The summed E-state index contributed by atoms with van der Waals surface area (Å²) in [5.41, 5.74) is 2.65. The second-order valence-corrected chi connectivity index (χ2v) is 7.48. The molecule has 5 heteroatoms. The SMILES string of the molecule is CCOc1ccc(C(CC(=O)c2ccc(OC)cc2)Nc2ccc(Br)cc2)cc1. The second kappa shape index (κ2) is 10.1. The number of carbonyl (C=O) groups is 1. The van der Waals surface area contributed by atoms with Crippen LogP contribution in [0, 0.1) is 0 Å². The number of anilines is 1. The van der Waals surface area contributed by atoms with Gasteiger partial charge in [0.15, 0.2) is 5.78 Å². The standard InChI is InChI=1S/C24H24BrNO3/c1-3-29-22-14-4-17(5-15-22)23(26-20-10-8-19(25)9-11-20)16-24(27)18-6-12-21(28-2)13-7-18/h4-15,23,26H,3,16H2,1-2H3. The molecule has 0 aromatic heterocycles. The quantitative estimate of drug-likeness (QED) is 0.387. The Labute approximate surface area is 180 Å². The molecule has 1 unspecified atom stereocenters. The fourth-order valence-electron chi connectivity index (χ4n) is 3.04. The van der Waals surface area contributed by atoms with E-state index in [1.807, 2.05) is 55.5 Å². The third-order valence-corrected chi connectivity index (χ3v) is 5.11. The minimum Gasteiger partial charge on any atom is -0.497 e. The van der Waals surface area contributed by atoms with Gasteiger partial charge >= 0.3 is 0 Å². The molecule has 1 atom stereocenters. The van der Waals surface area contributed by atoms with Gasteiger partial charge in [-0.15, -0.1) is 0 Å². The van der Waals surface area contributed by atoms with Gasteiger partial charge in [-0.25, -0.2) is 0 Å². The van der Waals surface area contributed by atoms with Gasteiger partial charge in [-0.05, 0) is 73.2 Å². The van der Waals surface area contributed by atoms with Crippen molar-refractivity contribution in [3.05, 3.63) is 88.4 Å². The number of halogens is 1. The molecule has 29 heavy (non-hydrogen) atoms. The van der Waals surface area contributed by atoms with Crippen LogP contribution in [-0.2, 0) is 0 Å². The van der Waals surface area contributed by atoms with E-state index >= 15 is 0 Å². The summed E-state index contributed by atoms with van der Waals surface area (Å²) in [6.07, 6.45) is 0.330. The number of hydrogen-bond donors (Lipinski definition) is 1. The number of carbonyl (C=O) groups excluding carboxylic acids is 1. The van der Waals surface area contributed by atoms with E-state index in [-0.39, 0.29) is 11.8 Å². The number of ether oxygens (including phenoxy) is 2. The molecular weight excluding hydrogens is 430 g/mol. The van der Waals surface area contributed by atoms with E-state index in [4.69, 9.17) is 9.47 Å². The highest BCUT2D eigenvalue weighted by atomic mass is 79.9. The van der Waals surface area contributed by atoms with Gasteiger partial charge in [0.2, 0.25) is 0 Å². The average molecular weight is 454 g/mol. The number of ketones is 1. The first-order valence-electron chi connectivity index (χ1n) is 9.51. The van der Waals surface area contributed by atoms with Gasteiger partial charge in [0.05, 0.1) is 19.8 Å². The molecule has 0 aliphatic heterocycles. The first-order valence-corrected chi connectivity index (χ1v) is 10.3. The minimum atomic E-state index is -0.165. The number of benzene rings is 3. The molecule has 0 bridgehead atoms. The number of Topliss-reactive ketones (excluding diaryl/α,β-unsaturated/α-hetero) is 1. The Morgan fingerprint density at radius 3 is 2.14 bits per heavy atom. The Kier molecular flexibility index (Phi) is 7.30. The summed E-state index contributed by atoms with van der Waals surface area (Å²) >= 11 is 3.46. The van der Waals surface area contributed by atoms with E-state index in [2.05, 4.69) is 21.2 Å². The van der Waals surface area contributed by atoms with Crippen molar-refractivity contribution in [2.24, 2.45) is 0 Å². The van der Waals surface area contributed by atoms with Crippen LogP contribution in [-0.4, -0.2) is 19.5 Å². The maximum atomic E-state index is 12.9. The molecule has 0 fully saturated rings. The van der Waals surface area contributed by atoms with Crippen molar-refractivity contribution < 1.29 is 14.3 Å². The van der Waals surface area contributed by atoms with Crippen molar-refractivity contribution in [2.75, 3.05) is 19.0 Å². The van der Waals surface area contributed by atoms with E-state index < -0.39 is 0 Å². The maximum Gasteiger partial charge on any atom is 0.165 e. The van der Waals surface area contributed by atoms with Crippen LogP contribution >= 0.6 is 15.9 Å². The summed E-state index contributed by atoms with van der Waals surface area (Å²) in [5, 5.41) is 3.49. The molecule has 3 rings (SSSR count). The molecule has 3 aromatic rings. The molecule has 0 saturated heterocycles. The van der Waals surface area contributed by atoms with Gasteiger partial charge in [0.1, 0.15) is 11.5 Å². The lowest BCUT2D eigenvalue weighted by Gasteiger charge is -2.20. The lowest BCUT2D eigenvalue weighted by atomic mass is 9.97. The van der Waals surface area contributed by atoms with Gasteiger partial charge < -0.3 is 14.8 Å². The lowest BCUT2D eigenvalue weighted by molar-refractivity contribution is 0.0976. The van der Waals surface area contributed by atoms with Crippen LogP contribution in [0.1, 0.15) is 35.3 Å². The molecule has 0 radical (unpaired) electrons. The summed E-state index contributed by atoms with van der Waals surface area (Å²) in [6.45, 7) is 2.58. The smallest absolute Gasteiger partial charge is 0.165 e. The number of nitrogens with one attached hydrogen (secondary N) is 1. The van der Waals surface area contributed by atoms with Crippen LogP contribution in [0.15, 0.2) is 77.3 Å². The Balaban J connectivity index is 1.82. The molecule has 4 nitrogen and oxygen atoms in total. The molecule has 3 aromatic carbocycles. The molecule has 1 N–H and O–H groups in total. The van der Waals surface area contributed by atoms with E-state index in [1.54, 1.807) is 31.4 Å². The van der Waals surface area contributed by atoms with Crippen molar-refractivity contribution in [2.45, 2.75) is 19.4 Å². The fraction of sp³-hybridized carbons (Fsp3) is 0.208. The average Bonchev–Trinajstić information content (AvgIpc) is 2.75. The van der Waals surface area contributed by atoms with Crippen molar-refractivity contribution in [1.29, 1.82) is 0 Å². The zero-order chi connectivity index (χ0) is 20.6. The highest BCUT2D eigenvalue weighted by Gasteiger charge is 2.18. The summed E-state index contributed by atoms with van der Waals surface area (Å²) in [5.74, 6) is 1.62. The lowest BCUT2D eigenvalue weighted by Crippen LogP contribution is -2.16. The van der Waals surface area contributed by atoms with E-state index in [9.17, 15) is 4.79 Å². The van der Waals surface area contributed by atoms with Gasteiger partial charge in [0, 0.05) is 22.1 Å². The Morgan fingerprint density at radius 1 is 0.931 bits per heavy atom.